The van der Waals surface area contributed by atoms with E-state index in [1.165, 1.54) is 12.8 Å². The van der Waals surface area contributed by atoms with Crippen LogP contribution in [0.2, 0.25) is 0 Å². The third kappa shape index (κ3) is 3.48. The van der Waals surface area contributed by atoms with Crippen LogP contribution in [0.5, 0.6) is 0 Å². The predicted octanol–water partition coefficient (Wildman–Crippen LogP) is 1.80. The molecule has 1 saturated heterocycles. The van der Waals surface area contributed by atoms with Gasteiger partial charge in [0.1, 0.15) is 6.04 Å². The second-order valence-electron chi connectivity index (χ2n) is 6.28. The number of amides is 2. The number of hydrogen-bond acceptors (Lipinski definition) is 2. The Bertz CT molecular complexity index is 352. The summed E-state index contributed by atoms with van der Waals surface area (Å²) in [6, 6.07) is -0.327. The zero-order valence-electron chi connectivity index (χ0n) is 12.3. The van der Waals surface area contributed by atoms with Crippen LogP contribution in [0.4, 0.5) is 0 Å². The molecule has 0 radical (unpaired) electrons. The van der Waals surface area contributed by atoms with Crippen LogP contribution in [0, 0.1) is 17.8 Å². The van der Waals surface area contributed by atoms with E-state index in [-0.39, 0.29) is 23.8 Å². The number of carbonyl (C=O) groups is 2. The van der Waals surface area contributed by atoms with Crippen molar-refractivity contribution in [2.75, 3.05) is 13.1 Å². The van der Waals surface area contributed by atoms with Crippen LogP contribution >= 0.6 is 0 Å². The standard InChI is InChI=1S/C15H26N2O2/c1-4-10(2)14-15(19)17(8-7-13(18)16-14)9-11(3)12-5-6-12/h10-12,14H,4-9H2,1-3H3,(H,16,18). The van der Waals surface area contributed by atoms with Gasteiger partial charge in [-0.15, -0.1) is 0 Å². The van der Waals surface area contributed by atoms with Crippen molar-refractivity contribution in [3.05, 3.63) is 0 Å². The Morgan fingerprint density at radius 2 is 1.95 bits per heavy atom. The molecule has 1 saturated carbocycles. The monoisotopic (exact) mass is 266 g/mol. The lowest BCUT2D eigenvalue weighted by molar-refractivity contribution is -0.135. The van der Waals surface area contributed by atoms with Crippen LogP contribution in [-0.4, -0.2) is 35.8 Å². The molecular formula is C15H26N2O2. The van der Waals surface area contributed by atoms with Gasteiger partial charge in [-0.1, -0.05) is 27.2 Å². The van der Waals surface area contributed by atoms with E-state index in [0.29, 0.717) is 18.9 Å². The first kappa shape index (κ1) is 14.4. The van der Waals surface area contributed by atoms with Gasteiger partial charge >= 0.3 is 0 Å². The van der Waals surface area contributed by atoms with E-state index >= 15 is 0 Å². The van der Waals surface area contributed by atoms with Crippen LogP contribution in [0.15, 0.2) is 0 Å². The first-order valence-corrected chi connectivity index (χ1v) is 7.61. The van der Waals surface area contributed by atoms with Crippen molar-refractivity contribution < 1.29 is 9.59 Å². The number of carbonyl (C=O) groups excluding carboxylic acids is 2. The molecular weight excluding hydrogens is 240 g/mol. The first-order valence-electron chi connectivity index (χ1n) is 7.61. The van der Waals surface area contributed by atoms with Crippen LogP contribution < -0.4 is 5.32 Å². The maximum atomic E-state index is 12.6. The Labute approximate surface area is 115 Å². The van der Waals surface area contributed by atoms with E-state index in [0.717, 1.165) is 18.9 Å². The molecule has 1 N–H and O–H groups in total. The average molecular weight is 266 g/mol. The largest absolute Gasteiger partial charge is 0.344 e. The normalized spacial score (nSPS) is 27.7. The quantitative estimate of drug-likeness (QED) is 0.825. The van der Waals surface area contributed by atoms with E-state index < -0.39 is 0 Å². The van der Waals surface area contributed by atoms with Crippen LogP contribution in [0.25, 0.3) is 0 Å². The van der Waals surface area contributed by atoms with E-state index in [4.69, 9.17) is 0 Å². The molecule has 2 rings (SSSR count). The smallest absolute Gasteiger partial charge is 0.245 e. The van der Waals surface area contributed by atoms with E-state index in [1.807, 2.05) is 11.8 Å². The molecule has 0 aromatic rings. The second-order valence-corrected chi connectivity index (χ2v) is 6.28. The third-order valence-electron chi connectivity index (χ3n) is 4.65. The zero-order valence-corrected chi connectivity index (χ0v) is 12.3. The van der Waals surface area contributed by atoms with Gasteiger partial charge in [-0.05, 0) is 30.6 Å². The minimum absolute atomic E-state index is 0.0141. The summed E-state index contributed by atoms with van der Waals surface area (Å²) in [5.41, 5.74) is 0. The van der Waals surface area contributed by atoms with Gasteiger partial charge in [0, 0.05) is 19.5 Å². The molecule has 0 aromatic heterocycles. The fourth-order valence-electron chi connectivity index (χ4n) is 2.82. The summed E-state index contributed by atoms with van der Waals surface area (Å²) >= 11 is 0. The summed E-state index contributed by atoms with van der Waals surface area (Å²) in [5.74, 6) is 1.69. The van der Waals surface area contributed by atoms with E-state index in [1.54, 1.807) is 0 Å². The van der Waals surface area contributed by atoms with Crippen molar-refractivity contribution in [1.82, 2.24) is 10.2 Å². The molecule has 2 aliphatic rings. The summed E-state index contributed by atoms with van der Waals surface area (Å²) < 4.78 is 0. The third-order valence-corrected chi connectivity index (χ3v) is 4.65. The summed E-state index contributed by atoms with van der Waals surface area (Å²) in [6.45, 7) is 7.71. The van der Waals surface area contributed by atoms with Gasteiger partial charge in [0.05, 0.1) is 0 Å². The Morgan fingerprint density at radius 3 is 2.53 bits per heavy atom. The SMILES string of the molecule is CCC(C)C1NC(=O)CCN(CC(C)C2CC2)C1=O. The zero-order chi connectivity index (χ0) is 14.0. The van der Waals surface area contributed by atoms with Crippen LogP contribution in [0.3, 0.4) is 0 Å². The Kier molecular flexibility index (Phi) is 4.48. The Morgan fingerprint density at radius 1 is 1.26 bits per heavy atom. The van der Waals surface area contributed by atoms with Crippen molar-refractivity contribution in [2.45, 2.75) is 52.5 Å². The lowest BCUT2D eigenvalue weighted by atomic mass is 9.97. The minimum Gasteiger partial charge on any atom is -0.344 e. The molecule has 1 aliphatic heterocycles. The van der Waals surface area contributed by atoms with Crippen molar-refractivity contribution in [3.63, 3.8) is 0 Å². The number of nitrogens with zero attached hydrogens (tertiary/aromatic N) is 1. The van der Waals surface area contributed by atoms with E-state index in [2.05, 4.69) is 19.2 Å². The minimum atomic E-state index is -0.327. The molecule has 4 heteroatoms. The van der Waals surface area contributed by atoms with Gasteiger partial charge in [-0.2, -0.15) is 0 Å². The highest BCUT2D eigenvalue weighted by Gasteiger charge is 2.36. The molecule has 2 fully saturated rings. The van der Waals surface area contributed by atoms with Gasteiger partial charge in [0.2, 0.25) is 11.8 Å². The van der Waals surface area contributed by atoms with Crippen molar-refractivity contribution in [3.8, 4) is 0 Å². The van der Waals surface area contributed by atoms with Crippen molar-refractivity contribution in [1.29, 1.82) is 0 Å². The lowest BCUT2D eigenvalue weighted by Gasteiger charge is -2.29. The molecule has 0 aromatic carbocycles. The molecule has 2 amide bonds. The van der Waals surface area contributed by atoms with Gasteiger partial charge in [0.25, 0.3) is 0 Å². The number of nitrogens with one attached hydrogen (secondary N) is 1. The highest BCUT2D eigenvalue weighted by molar-refractivity contribution is 5.90. The molecule has 3 atom stereocenters. The molecule has 4 nitrogen and oxygen atoms in total. The highest BCUT2D eigenvalue weighted by atomic mass is 16.2. The number of rotatable bonds is 5. The first-order chi connectivity index (χ1) is 9.02. The average Bonchev–Trinajstić information content (AvgIpc) is 3.22. The van der Waals surface area contributed by atoms with Gasteiger partial charge < -0.3 is 10.2 Å². The molecule has 1 aliphatic carbocycles. The van der Waals surface area contributed by atoms with Crippen LogP contribution in [-0.2, 0) is 9.59 Å². The maximum Gasteiger partial charge on any atom is 0.245 e. The topological polar surface area (TPSA) is 49.4 Å². The van der Waals surface area contributed by atoms with Crippen LogP contribution in [0.1, 0.15) is 46.5 Å². The highest BCUT2D eigenvalue weighted by Crippen LogP contribution is 2.37. The van der Waals surface area contributed by atoms with Crippen molar-refractivity contribution in [2.24, 2.45) is 17.8 Å². The Balaban J connectivity index is 2.04. The second kappa shape index (κ2) is 5.93. The fourth-order valence-corrected chi connectivity index (χ4v) is 2.82. The summed E-state index contributed by atoms with van der Waals surface area (Å²) in [7, 11) is 0. The van der Waals surface area contributed by atoms with Gasteiger partial charge in [-0.25, -0.2) is 0 Å². The fraction of sp³-hybridized carbons (Fsp3) is 0.867. The molecule has 0 spiro atoms. The molecule has 1 heterocycles. The summed E-state index contributed by atoms with van der Waals surface area (Å²) in [4.78, 5) is 26.2. The molecule has 3 unspecified atom stereocenters. The summed E-state index contributed by atoms with van der Waals surface area (Å²) in [5, 5.41) is 2.90. The van der Waals surface area contributed by atoms with Gasteiger partial charge in [-0.3, -0.25) is 9.59 Å². The molecule has 19 heavy (non-hydrogen) atoms. The molecule has 0 bridgehead atoms. The van der Waals surface area contributed by atoms with E-state index in [9.17, 15) is 9.59 Å². The van der Waals surface area contributed by atoms with Crippen molar-refractivity contribution >= 4 is 11.8 Å². The predicted molar refractivity (Wildman–Crippen MR) is 74.5 cm³/mol. The lowest BCUT2D eigenvalue weighted by Crippen LogP contribution is -2.49. The maximum absolute atomic E-state index is 12.6. The Hall–Kier alpha value is -1.06. The molecule has 108 valence electrons. The van der Waals surface area contributed by atoms with Gasteiger partial charge in [0.15, 0.2) is 0 Å². The summed E-state index contributed by atoms with van der Waals surface area (Å²) in [6.07, 6.45) is 3.95. The number of hydrogen-bond donors (Lipinski definition) is 1.